The third kappa shape index (κ3) is 3.43. The molecule has 0 spiro atoms. The largest absolute Gasteiger partial charge is 0.398 e. The van der Waals surface area contributed by atoms with Crippen molar-refractivity contribution in [2.75, 3.05) is 5.75 Å². The molecule has 4 nitrogen and oxygen atoms in total. The molecule has 3 rings (SSSR count). The smallest absolute Gasteiger partial charge is 0.268 e. The first-order chi connectivity index (χ1) is 11.3. The van der Waals surface area contributed by atoms with E-state index in [1.54, 1.807) is 36.4 Å². The highest BCUT2D eigenvalue weighted by Crippen LogP contribution is 2.27. The summed E-state index contributed by atoms with van der Waals surface area (Å²) in [5, 5.41) is 0.297. The van der Waals surface area contributed by atoms with Gasteiger partial charge in [-0.05, 0) is 36.8 Å². The Balaban J connectivity index is 2.23. The molecule has 0 fully saturated rings. The standard InChI is InChI=1S/C16H12F3N3OS/c1-10-6-7-20-13(8-10)22-14(23)11-4-2-3-5-12(11)21-15(22)24-9-16(17,18)19/h2-8H,9H2,1H3. The summed E-state index contributed by atoms with van der Waals surface area (Å²) >= 11 is 0.471. The van der Waals surface area contributed by atoms with Gasteiger partial charge in [0, 0.05) is 6.20 Å². The Morgan fingerprint density at radius 3 is 2.67 bits per heavy atom. The molecule has 0 N–H and O–H groups in total. The van der Waals surface area contributed by atoms with Crippen LogP contribution in [0.25, 0.3) is 16.7 Å². The molecule has 3 aromatic rings. The number of aryl methyl sites for hydroxylation is 1. The molecule has 24 heavy (non-hydrogen) atoms. The first-order valence-electron chi connectivity index (χ1n) is 6.99. The molecule has 0 aliphatic rings. The number of fused-ring (bicyclic) bond motifs is 1. The zero-order valence-corrected chi connectivity index (χ0v) is 13.4. The van der Waals surface area contributed by atoms with E-state index in [9.17, 15) is 18.0 Å². The summed E-state index contributed by atoms with van der Waals surface area (Å²) in [5.41, 5.74) is 0.756. The van der Waals surface area contributed by atoms with Crippen molar-refractivity contribution in [2.45, 2.75) is 18.3 Å². The molecule has 0 amide bonds. The van der Waals surface area contributed by atoms with Gasteiger partial charge in [0.1, 0.15) is 5.82 Å². The van der Waals surface area contributed by atoms with Crippen LogP contribution in [0.5, 0.6) is 0 Å². The summed E-state index contributed by atoms with van der Waals surface area (Å²) in [5.74, 6) is -0.883. The van der Waals surface area contributed by atoms with Crippen molar-refractivity contribution in [3.05, 3.63) is 58.5 Å². The Bertz CT molecular complexity index is 953. The summed E-state index contributed by atoms with van der Waals surface area (Å²) in [6, 6.07) is 9.93. The van der Waals surface area contributed by atoms with Crippen LogP contribution >= 0.6 is 11.8 Å². The zero-order chi connectivity index (χ0) is 17.3. The lowest BCUT2D eigenvalue weighted by Crippen LogP contribution is -2.23. The van der Waals surface area contributed by atoms with Gasteiger partial charge in [0.15, 0.2) is 5.16 Å². The number of hydrogen-bond donors (Lipinski definition) is 0. The van der Waals surface area contributed by atoms with Crippen LogP contribution in [0, 0.1) is 6.92 Å². The van der Waals surface area contributed by atoms with E-state index in [0.29, 0.717) is 22.7 Å². The quantitative estimate of drug-likeness (QED) is 0.533. The van der Waals surface area contributed by atoms with E-state index < -0.39 is 17.5 Å². The van der Waals surface area contributed by atoms with Crippen molar-refractivity contribution in [3.63, 3.8) is 0 Å². The molecule has 0 saturated carbocycles. The fraction of sp³-hybridized carbons (Fsp3) is 0.188. The third-order valence-corrected chi connectivity index (χ3v) is 4.24. The lowest BCUT2D eigenvalue weighted by molar-refractivity contribution is -0.105. The number of hydrogen-bond acceptors (Lipinski definition) is 4. The molecular formula is C16H12F3N3OS. The summed E-state index contributed by atoms with van der Waals surface area (Å²) in [4.78, 5) is 21.1. The Hall–Kier alpha value is -2.35. The lowest BCUT2D eigenvalue weighted by Gasteiger charge is -2.13. The summed E-state index contributed by atoms with van der Waals surface area (Å²) in [7, 11) is 0. The molecule has 1 aromatic carbocycles. The fourth-order valence-electron chi connectivity index (χ4n) is 2.20. The minimum Gasteiger partial charge on any atom is -0.268 e. The molecule has 2 heterocycles. The van der Waals surface area contributed by atoms with Crippen LogP contribution in [0.1, 0.15) is 5.56 Å². The maximum Gasteiger partial charge on any atom is 0.398 e. The normalized spacial score (nSPS) is 11.8. The van der Waals surface area contributed by atoms with Gasteiger partial charge < -0.3 is 0 Å². The van der Waals surface area contributed by atoms with Gasteiger partial charge in [-0.1, -0.05) is 23.9 Å². The molecule has 0 atom stereocenters. The second-order valence-electron chi connectivity index (χ2n) is 5.15. The van der Waals surface area contributed by atoms with E-state index >= 15 is 0 Å². The average molecular weight is 351 g/mol. The molecule has 0 saturated heterocycles. The van der Waals surface area contributed by atoms with Gasteiger partial charge in [-0.15, -0.1) is 0 Å². The first-order valence-corrected chi connectivity index (χ1v) is 7.98. The molecule has 0 unspecified atom stereocenters. The minimum atomic E-state index is -4.36. The van der Waals surface area contributed by atoms with Crippen LogP contribution < -0.4 is 5.56 Å². The van der Waals surface area contributed by atoms with Gasteiger partial charge in [-0.2, -0.15) is 13.2 Å². The molecular weight excluding hydrogens is 339 g/mol. The first kappa shape index (κ1) is 16.5. The van der Waals surface area contributed by atoms with Gasteiger partial charge in [0.25, 0.3) is 5.56 Å². The monoisotopic (exact) mass is 351 g/mol. The van der Waals surface area contributed by atoms with Gasteiger partial charge in [-0.3, -0.25) is 4.79 Å². The highest BCUT2D eigenvalue weighted by Gasteiger charge is 2.29. The summed E-state index contributed by atoms with van der Waals surface area (Å²) in [6.45, 7) is 1.81. The Morgan fingerprint density at radius 2 is 1.96 bits per heavy atom. The van der Waals surface area contributed by atoms with Gasteiger partial charge >= 0.3 is 6.18 Å². The number of aromatic nitrogens is 3. The molecule has 0 radical (unpaired) electrons. The second-order valence-corrected chi connectivity index (χ2v) is 6.09. The Morgan fingerprint density at radius 1 is 1.21 bits per heavy atom. The van der Waals surface area contributed by atoms with Crippen LogP contribution in [-0.4, -0.2) is 26.5 Å². The minimum absolute atomic E-state index is 0.0332. The molecule has 8 heteroatoms. The average Bonchev–Trinajstić information content (AvgIpc) is 2.52. The summed E-state index contributed by atoms with van der Waals surface area (Å²) in [6.07, 6.45) is -2.86. The summed E-state index contributed by atoms with van der Waals surface area (Å²) < 4.78 is 38.9. The van der Waals surface area contributed by atoms with E-state index in [0.717, 1.165) is 10.1 Å². The number of alkyl halides is 3. The number of nitrogens with zero attached hydrogens (tertiary/aromatic N) is 3. The molecule has 0 aliphatic carbocycles. The van der Waals surface area contributed by atoms with Crippen molar-refractivity contribution >= 4 is 22.7 Å². The lowest BCUT2D eigenvalue weighted by atomic mass is 10.2. The van der Waals surface area contributed by atoms with E-state index in [1.165, 1.54) is 6.20 Å². The van der Waals surface area contributed by atoms with Gasteiger partial charge in [0.2, 0.25) is 0 Å². The fourth-order valence-corrected chi connectivity index (χ4v) is 2.96. The maximum absolute atomic E-state index is 12.8. The van der Waals surface area contributed by atoms with Crippen LogP contribution in [0.3, 0.4) is 0 Å². The zero-order valence-electron chi connectivity index (χ0n) is 12.5. The van der Waals surface area contributed by atoms with Crippen LogP contribution in [0.4, 0.5) is 13.2 Å². The van der Waals surface area contributed by atoms with Crippen molar-refractivity contribution in [2.24, 2.45) is 0 Å². The van der Waals surface area contributed by atoms with Gasteiger partial charge in [-0.25, -0.2) is 14.5 Å². The molecule has 2 aromatic heterocycles. The number of para-hydroxylation sites is 1. The number of benzene rings is 1. The third-order valence-electron chi connectivity index (χ3n) is 3.24. The van der Waals surface area contributed by atoms with Crippen molar-refractivity contribution in [1.82, 2.24) is 14.5 Å². The molecule has 124 valence electrons. The van der Waals surface area contributed by atoms with E-state index in [1.807, 2.05) is 6.92 Å². The van der Waals surface area contributed by atoms with Crippen molar-refractivity contribution < 1.29 is 13.2 Å². The maximum atomic E-state index is 12.8. The molecule has 0 aliphatic heterocycles. The molecule has 0 bridgehead atoms. The van der Waals surface area contributed by atoms with E-state index in [-0.39, 0.29) is 11.0 Å². The second kappa shape index (κ2) is 6.27. The highest BCUT2D eigenvalue weighted by molar-refractivity contribution is 7.99. The van der Waals surface area contributed by atoms with Crippen molar-refractivity contribution in [3.8, 4) is 5.82 Å². The number of pyridine rings is 1. The van der Waals surface area contributed by atoms with E-state index in [2.05, 4.69) is 9.97 Å². The predicted molar refractivity (Wildman–Crippen MR) is 86.7 cm³/mol. The predicted octanol–water partition coefficient (Wildman–Crippen LogP) is 3.74. The highest BCUT2D eigenvalue weighted by atomic mass is 32.2. The van der Waals surface area contributed by atoms with Crippen LogP contribution in [-0.2, 0) is 0 Å². The van der Waals surface area contributed by atoms with Crippen LogP contribution in [0.15, 0.2) is 52.5 Å². The SMILES string of the molecule is Cc1ccnc(-n2c(SCC(F)(F)F)nc3ccccc3c2=O)c1. The van der Waals surface area contributed by atoms with Crippen LogP contribution in [0.2, 0.25) is 0 Å². The number of halogens is 3. The van der Waals surface area contributed by atoms with Gasteiger partial charge in [0.05, 0.1) is 16.7 Å². The topological polar surface area (TPSA) is 47.8 Å². The van der Waals surface area contributed by atoms with Crippen molar-refractivity contribution in [1.29, 1.82) is 0 Å². The Kier molecular flexibility index (Phi) is 4.31. The Labute approximate surface area is 139 Å². The van der Waals surface area contributed by atoms with E-state index in [4.69, 9.17) is 0 Å². The number of rotatable bonds is 3. The number of thioether (sulfide) groups is 1.